The molecule has 3 N–H and O–H groups in total. The van der Waals surface area contributed by atoms with Crippen LogP contribution in [0.5, 0.6) is 0 Å². The molecule has 0 radical (unpaired) electrons. The zero-order valence-corrected chi connectivity index (χ0v) is 12.6. The molecule has 0 heterocycles. The summed E-state index contributed by atoms with van der Waals surface area (Å²) in [7, 11) is 0. The summed E-state index contributed by atoms with van der Waals surface area (Å²) in [5.74, 6) is 0.156. The fraction of sp³-hybridized carbons (Fsp3) is 0.867. The number of hydrogen-bond donors (Lipinski definition) is 3. The van der Waals surface area contributed by atoms with Crippen molar-refractivity contribution in [3.05, 3.63) is 0 Å². The highest BCUT2D eigenvalue weighted by molar-refractivity contribution is 5.86. The zero-order chi connectivity index (χ0) is 14.9. The highest BCUT2D eigenvalue weighted by Crippen LogP contribution is 2.39. The molecule has 0 aliphatic heterocycles. The van der Waals surface area contributed by atoms with Gasteiger partial charge in [0.15, 0.2) is 0 Å². The Morgan fingerprint density at radius 3 is 2.35 bits per heavy atom. The van der Waals surface area contributed by atoms with Gasteiger partial charge in [-0.05, 0) is 43.9 Å². The molecule has 0 saturated heterocycles. The number of aliphatic carboxylic acids is 1. The zero-order valence-electron chi connectivity index (χ0n) is 12.6. The molecule has 0 aromatic carbocycles. The Balaban J connectivity index is 1.93. The maximum atomic E-state index is 12.1. The van der Waals surface area contributed by atoms with Crippen LogP contribution in [0.2, 0.25) is 0 Å². The van der Waals surface area contributed by atoms with Crippen LogP contribution in [-0.4, -0.2) is 28.7 Å². The predicted octanol–water partition coefficient (Wildman–Crippen LogP) is 2.36. The quantitative estimate of drug-likeness (QED) is 0.740. The van der Waals surface area contributed by atoms with Gasteiger partial charge in [-0.3, -0.25) is 0 Å². The first-order valence-corrected chi connectivity index (χ1v) is 7.66. The molecule has 2 rings (SSSR count). The van der Waals surface area contributed by atoms with E-state index in [0.29, 0.717) is 11.8 Å². The maximum absolute atomic E-state index is 12.1. The van der Waals surface area contributed by atoms with Crippen LogP contribution in [0.4, 0.5) is 4.79 Å². The van der Waals surface area contributed by atoms with Gasteiger partial charge in [0.05, 0.1) is 0 Å². The van der Waals surface area contributed by atoms with Crippen molar-refractivity contribution in [3.8, 4) is 0 Å². The Morgan fingerprint density at radius 1 is 1.15 bits per heavy atom. The van der Waals surface area contributed by atoms with Crippen molar-refractivity contribution < 1.29 is 14.7 Å². The molecule has 2 saturated carbocycles. The number of carbonyl (C=O) groups excluding carboxylic acids is 1. The number of carbonyl (C=O) groups is 2. The van der Waals surface area contributed by atoms with Crippen LogP contribution >= 0.6 is 0 Å². The molecular formula is C15H26N2O3. The lowest BCUT2D eigenvalue weighted by Gasteiger charge is -2.35. The molecule has 20 heavy (non-hydrogen) atoms. The Bertz CT molecular complexity index is 395. The van der Waals surface area contributed by atoms with E-state index in [0.717, 1.165) is 25.7 Å². The van der Waals surface area contributed by atoms with Gasteiger partial charge in [-0.1, -0.05) is 26.7 Å². The normalized spacial score (nSPS) is 33.0. The maximum Gasteiger partial charge on any atom is 0.329 e. The standard InChI is InChI=1S/C15H26N2O3/c1-9-5-4-6-12(10(9)2)16-14(20)17-15(3,13(18)19)11-7-8-11/h9-12H,4-8H2,1-3H3,(H,18,19)(H2,16,17,20). The smallest absolute Gasteiger partial charge is 0.329 e. The molecule has 114 valence electrons. The third-order valence-electron chi connectivity index (χ3n) is 5.23. The Kier molecular flexibility index (Phi) is 4.25. The van der Waals surface area contributed by atoms with Gasteiger partial charge in [0.2, 0.25) is 0 Å². The van der Waals surface area contributed by atoms with Gasteiger partial charge < -0.3 is 15.7 Å². The highest BCUT2D eigenvalue weighted by Gasteiger charge is 2.48. The lowest BCUT2D eigenvalue weighted by molar-refractivity contribution is -0.144. The van der Waals surface area contributed by atoms with Gasteiger partial charge in [0.25, 0.3) is 0 Å². The first kappa shape index (κ1) is 15.1. The van der Waals surface area contributed by atoms with E-state index in [9.17, 15) is 14.7 Å². The summed E-state index contributed by atoms with van der Waals surface area (Å²) in [6.45, 7) is 5.98. The van der Waals surface area contributed by atoms with E-state index in [1.54, 1.807) is 6.92 Å². The minimum Gasteiger partial charge on any atom is -0.480 e. The Hall–Kier alpha value is -1.26. The summed E-state index contributed by atoms with van der Waals surface area (Å²) in [6, 6.07) is -0.191. The first-order chi connectivity index (χ1) is 9.34. The molecule has 2 aliphatic carbocycles. The number of rotatable bonds is 4. The van der Waals surface area contributed by atoms with E-state index in [1.165, 1.54) is 6.42 Å². The van der Waals surface area contributed by atoms with Gasteiger partial charge in [-0.25, -0.2) is 9.59 Å². The number of nitrogens with one attached hydrogen (secondary N) is 2. The molecule has 0 bridgehead atoms. The first-order valence-electron chi connectivity index (χ1n) is 7.66. The summed E-state index contributed by atoms with van der Waals surface area (Å²) in [5.41, 5.74) is -1.13. The van der Waals surface area contributed by atoms with Crippen molar-refractivity contribution in [2.45, 2.75) is 64.5 Å². The van der Waals surface area contributed by atoms with Crippen LogP contribution in [0.3, 0.4) is 0 Å². The van der Waals surface area contributed by atoms with Gasteiger partial charge in [-0.15, -0.1) is 0 Å². The van der Waals surface area contributed by atoms with Crippen LogP contribution in [-0.2, 0) is 4.79 Å². The SMILES string of the molecule is CC1CCCC(NC(=O)NC(C)(C(=O)O)C2CC2)C1C. The van der Waals surface area contributed by atoms with E-state index < -0.39 is 11.5 Å². The molecule has 5 heteroatoms. The van der Waals surface area contributed by atoms with Crippen molar-refractivity contribution in [1.29, 1.82) is 0 Å². The summed E-state index contributed by atoms with van der Waals surface area (Å²) in [4.78, 5) is 23.5. The van der Waals surface area contributed by atoms with Gasteiger partial charge >= 0.3 is 12.0 Å². The fourth-order valence-corrected chi connectivity index (χ4v) is 3.22. The molecule has 2 fully saturated rings. The number of carboxylic acids is 1. The minimum absolute atomic E-state index is 0.0634. The lowest BCUT2D eigenvalue weighted by Crippen LogP contribution is -2.59. The predicted molar refractivity (Wildman–Crippen MR) is 76.4 cm³/mol. The van der Waals surface area contributed by atoms with Crippen molar-refractivity contribution in [2.24, 2.45) is 17.8 Å². The molecule has 0 aromatic heterocycles. The number of urea groups is 1. The number of amides is 2. The van der Waals surface area contributed by atoms with Crippen molar-refractivity contribution in [3.63, 3.8) is 0 Å². The second kappa shape index (κ2) is 5.62. The van der Waals surface area contributed by atoms with E-state index in [4.69, 9.17) is 0 Å². The van der Waals surface area contributed by atoms with E-state index in [2.05, 4.69) is 24.5 Å². The van der Waals surface area contributed by atoms with Crippen molar-refractivity contribution >= 4 is 12.0 Å². The van der Waals surface area contributed by atoms with Crippen LogP contribution < -0.4 is 10.6 Å². The van der Waals surface area contributed by atoms with Crippen LogP contribution in [0.1, 0.15) is 52.9 Å². The molecule has 0 aromatic rings. The van der Waals surface area contributed by atoms with Gasteiger partial charge in [-0.2, -0.15) is 0 Å². The van der Waals surface area contributed by atoms with Crippen LogP contribution in [0.25, 0.3) is 0 Å². The number of carboxylic acid groups (broad SMARTS) is 1. The minimum atomic E-state index is -1.13. The highest BCUT2D eigenvalue weighted by atomic mass is 16.4. The summed E-state index contributed by atoms with van der Waals surface area (Å²) in [5, 5.41) is 15.0. The summed E-state index contributed by atoms with van der Waals surface area (Å²) >= 11 is 0. The summed E-state index contributed by atoms with van der Waals surface area (Å²) < 4.78 is 0. The van der Waals surface area contributed by atoms with Crippen molar-refractivity contribution in [2.75, 3.05) is 0 Å². The van der Waals surface area contributed by atoms with E-state index in [1.807, 2.05) is 0 Å². The molecule has 0 spiro atoms. The topological polar surface area (TPSA) is 78.4 Å². The second-order valence-electron chi connectivity index (χ2n) is 6.75. The third-order valence-corrected chi connectivity index (χ3v) is 5.23. The Labute approximate surface area is 120 Å². The van der Waals surface area contributed by atoms with Gasteiger partial charge in [0, 0.05) is 6.04 Å². The fourth-order valence-electron chi connectivity index (χ4n) is 3.22. The summed E-state index contributed by atoms with van der Waals surface area (Å²) in [6.07, 6.45) is 5.05. The molecule has 4 unspecified atom stereocenters. The molecule has 2 amide bonds. The van der Waals surface area contributed by atoms with Crippen LogP contribution in [0, 0.1) is 17.8 Å². The molecular weight excluding hydrogens is 256 g/mol. The average Bonchev–Trinajstić information content (AvgIpc) is 3.19. The van der Waals surface area contributed by atoms with Gasteiger partial charge in [0.1, 0.15) is 5.54 Å². The molecule has 5 nitrogen and oxygen atoms in total. The van der Waals surface area contributed by atoms with Crippen molar-refractivity contribution in [1.82, 2.24) is 10.6 Å². The molecule has 2 aliphatic rings. The monoisotopic (exact) mass is 282 g/mol. The Morgan fingerprint density at radius 2 is 1.80 bits per heavy atom. The molecule has 4 atom stereocenters. The van der Waals surface area contributed by atoms with E-state index >= 15 is 0 Å². The van der Waals surface area contributed by atoms with E-state index in [-0.39, 0.29) is 18.0 Å². The number of hydrogen-bond acceptors (Lipinski definition) is 2. The average molecular weight is 282 g/mol. The van der Waals surface area contributed by atoms with Crippen LogP contribution in [0.15, 0.2) is 0 Å². The third kappa shape index (κ3) is 3.07. The second-order valence-corrected chi connectivity index (χ2v) is 6.75. The lowest BCUT2D eigenvalue weighted by atomic mass is 9.78. The largest absolute Gasteiger partial charge is 0.480 e.